The minimum Gasteiger partial charge on any atom is -0.289 e. The van der Waals surface area contributed by atoms with Gasteiger partial charge in [-0.2, -0.15) is 11.3 Å². The van der Waals surface area contributed by atoms with Gasteiger partial charge < -0.3 is 0 Å². The molecule has 0 spiro atoms. The largest absolute Gasteiger partial charge is 0.289 e. The van der Waals surface area contributed by atoms with E-state index < -0.39 is 0 Å². The molecule has 0 saturated heterocycles. The summed E-state index contributed by atoms with van der Waals surface area (Å²) in [6.45, 7) is 1.90. The predicted molar refractivity (Wildman–Crippen MR) is 69.0 cm³/mol. The zero-order valence-electron chi connectivity index (χ0n) is 8.46. The summed E-state index contributed by atoms with van der Waals surface area (Å²) in [4.78, 5) is 12.2. The van der Waals surface area contributed by atoms with E-state index in [0.717, 1.165) is 5.56 Å². The number of ketones is 1. The third-order valence-corrected chi connectivity index (χ3v) is 3.98. The second kappa shape index (κ2) is 4.58. The van der Waals surface area contributed by atoms with Crippen molar-refractivity contribution in [2.24, 2.45) is 0 Å². The molecule has 0 fully saturated rings. The van der Waals surface area contributed by atoms with E-state index in [1.807, 2.05) is 17.7 Å². The van der Waals surface area contributed by atoms with Gasteiger partial charge in [0.15, 0.2) is 5.78 Å². The number of carbonyl (C=O) groups excluding carboxylic acids is 1. The monoisotopic (exact) mass is 270 g/mol. The Morgan fingerprint density at radius 3 is 2.56 bits per heavy atom. The molecule has 0 aliphatic heterocycles. The Kier molecular flexibility index (Phi) is 3.33. The highest BCUT2D eigenvalue weighted by Crippen LogP contribution is 2.28. The molecule has 0 aliphatic carbocycles. The van der Waals surface area contributed by atoms with Crippen molar-refractivity contribution in [3.8, 4) is 0 Å². The molecule has 0 unspecified atom stereocenters. The number of carbonyl (C=O) groups is 1. The van der Waals surface area contributed by atoms with E-state index in [2.05, 4.69) is 0 Å². The van der Waals surface area contributed by atoms with Crippen LogP contribution in [0.15, 0.2) is 29.0 Å². The molecule has 0 bridgehead atoms. The summed E-state index contributed by atoms with van der Waals surface area (Å²) in [6.07, 6.45) is 0. The van der Waals surface area contributed by atoms with Gasteiger partial charge in [-0.1, -0.05) is 29.3 Å². The number of thiophene rings is 1. The second-order valence-electron chi connectivity index (χ2n) is 3.40. The van der Waals surface area contributed by atoms with Crippen LogP contribution in [0.25, 0.3) is 0 Å². The van der Waals surface area contributed by atoms with Gasteiger partial charge in [-0.25, -0.2) is 0 Å². The Balaban J connectivity index is 2.50. The minimum atomic E-state index is -0.0775. The molecule has 1 aromatic carbocycles. The highest BCUT2D eigenvalue weighted by atomic mass is 35.5. The Hall–Kier alpha value is -0.830. The van der Waals surface area contributed by atoms with E-state index in [4.69, 9.17) is 23.2 Å². The molecule has 2 rings (SSSR count). The first kappa shape index (κ1) is 11.6. The molecule has 0 atom stereocenters. The lowest BCUT2D eigenvalue weighted by molar-refractivity contribution is 0.103. The first-order valence-electron chi connectivity index (χ1n) is 4.62. The first-order chi connectivity index (χ1) is 7.61. The molecular weight excluding hydrogens is 263 g/mol. The lowest BCUT2D eigenvalue weighted by Gasteiger charge is -2.04. The molecule has 4 heteroatoms. The molecule has 1 aromatic heterocycles. The molecule has 0 aliphatic rings. The predicted octanol–water partition coefficient (Wildman–Crippen LogP) is 4.59. The molecule has 16 heavy (non-hydrogen) atoms. The van der Waals surface area contributed by atoms with Gasteiger partial charge in [0, 0.05) is 16.5 Å². The van der Waals surface area contributed by atoms with E-state index >= 15 is 0 Å². The van der Waals surface area contributed by atoms with Crippen LogP contribution in [0.1, 0.15) is 21.5 Å². The van der Waals surface area contributed by atoms with Crippen molar-refractivity contribution in [1.29, 1.82) is 0 Å². The number of benzene rings is 1. The van der Waals surface area contributed by atoms with Gasteiger partial charge in [-0.15, -0.1) is 0 Å². The van der Waals surface area contributed by atoms with Crippen molar-refractivity contribution >= 4 is 40.3 Å². The summed E-state index contributed by atoms with van der Waals surface area (Å²) < 4.78 is 0. The normalized spacial score (nSPS) is 10.4. The maximum Gasteiger partial charge on any atom is 0.195 e. The topological polar surface area (TPSA) is 17.1 Å². The summed E-state index contributed by atoms with van der Waals surface area (Å²) in [5, 5.41) is 4.49. The lowest BCUT2D eigenvalue weighted by Crippen LogP contribution is -2.02. The van der Waals surface area contributed by atoms with Crippen molar-refractivity contribution in [3.63, 3.8) is 0 Å². The Bertz CT molecular complexity index is 546. The fourth-order valence-corrected chi connectivity index (χ4v) is 2.63. The Morgan fingerprint density at radius 2 is 1.94 bits per heavy atom. The van der Waals surface area contributed by atoms with Crippen LogP contribution in [0.5, 0.6) is 0 Å². The van der Waals surface area contributed by atoms with Gasteiger partial charge in [0.05, 0.1) is 10.0 Å². The van der Waals surface area contributed by atoms with Crippen molar-refractivity contribution in [2.75, 3.05) is 0 Å². The van der Waals surface area contributed by atoms with Gasteiger partial charge in [0.25, 0.3) is 0 Å². The number of hydrogen-bond acceptors (Lipinski definition) is 2. The SMILES string of the molecule is Cc1cscc1C(=O)c1cccc(Cl)c1Cl. The summed E-state index contributed by atoms with van der Waals surface area (Å²) in [5.74, 6) is -0.0775. The molecule has 0 saturated carbocycles. The van der Waals surface area contributed by atoms with E-state index in [1.165, 1.54) is 11.3 Å². The maximum atomic E-state index is 12.2. The van der Waals surface area contributed by atoms with Crippen LogP contribution >= 0.6 is 34.5 Å². The Morgan fingerprint density at radius 1 is 1.19 bits per heavy atom. The number of halogens is 2. The van der Waals surface area contributed by atoms with Gasteiger partial charge in [0.1, 0.15) is 0 Å². The number of aryl methyl sites for hydroxylation is 1. The second-order valence-corrected chi connectivity index (χ2v) is 4.93. The van der Waals surface area contributed by atoms with E-state index in [1.54, 1.807) is 18.2 Å². The van der Waals surface area contributed by atoms with Crippen LogP contribution in [-0.2, 0) is 0 Å². The highest BCUT2D eigenvalue weighted by molar-refractivity contribution is 7.08. The maximum absolute atomic E-state index is 12.2. The standard InChI is InChI=1S/C12H8Cl2OS/c1-7-5-16-6-9(7)12(15)8-3-2-4-10(13)11(8)14/h2-6H,1H3. The van der Waals surface area contributed by atoms with Gasteiger partial charge in [0.2, 0.25) is 0 Å². The average molecular weight is 271 g/mol. The molecule has 1 heterocycles. The molecular formula is C12H8Cl2OS. The Labute approximate surface area is 108 Å². The van der Waals surface area contributed by atoms with Gasteiger partial charge in [-0.05, 0) is 30.0 Å². The van der Waals surface area contributed by atoms with Crippen molar-refractivity contribution in [1.82, 2.24) is 0 Å². The zero-order valence-corrected chi connectivity index (χ0v) is 10.8. The average Bonchev–Trinajstić information content (AvgIpc) is 2.68. The molecule has 1 nitrogen and oxygen atoms in total. The van der Waals surface area contributed by atoms with Crippen LogP contribution in [0.3, 0.4) is 0 Å². The lowest BCUT2D eigenvalue weighted by atomic mass is 10.0. The summed E-state index contributed by atoms with van der Waals surface area (Å²) in [6, 6.07) is 5.08. The van der Waals surface area contributed by atoms with E-state index in [0.29, 0.717) is 21.2 Å². The van der Waals surface area contributed by atoms with Crippen molar-refractivity contribution in [3.05, 3.63) is 55.7 Å². The number of rotatable bonds is 2. The fraction of sp³-hybridized carbons (Fsp3) is 0.0833. The summed E-state index contributed by atoms with van der Waals surface area (Å²) in [5.41, 5.74) is 2.11. The van der Waals surface area contributed by atoms with Gasteiger partial charge >= 0.3 is 0 Å². The van der Waals surface area contributed by atoms with E-state index in [9.17, 15) is 4.79 Å². The first-order valence-corrected chi connectivity index (χ1v) is 6.32. The quantitative estimate of drug-likeness (QED) is 0.730. The van der Waals surface area contributed by atoms with Crippen molar-refractivity contribution < 1.29 is 4.79 Å². The van der Waals surface area contributed by atoms with E-state index in [-0.39, 0.29) is 5.78 Å². The van der Waals surface area contributed by atoms with Crippen molar-refractivity contribution in [2.45, 2.75) is 6.92 Å². The minimum absolute atomic E-state index is 0.0775. The smallest absolute Gasteiger partial charge is 0.195 e. The van der Waals surface area contributed by atoms with Gasteiger partial charge in [-0.3, -0.25) is 4.79 Å². The van der Waals surface area contributed by atoms with Crippen LogP contribution in [0.2, 0.25) is 10.0 Å². The van der Waals surface area contributed by atoms with Crippen LogP contribution < -0.4 is 0 Å². The highest BCUT2D eigenvalue weighted by Gasteiger charge is 2.16. The van der Waals surface area contributed by atoms with Crippen LogP contribution in [-0.4, -0.2) is 5.78 Å². The van der Waals surface area contributed by atoms with Crippen LogP contribution in [0, 0.1) is 6.92 Å². The molecule has 0 radical (unpaired) electrons. The molecule has 0 N–H and O–H groups in total. The fourth-order valence-electron chi connectivity index (χ4n) is 1.42. The third kappa shape index (κ3) is 2.01. The molecule has 2 aromatic rings. The zero-order chi connectivity index (χ0) is 11.7. The van der Waals surface area contributed by atoms with Crippen LogP contribution in [0.4, 0.5) is 0 Å². The summed E-state index contributed by atoms with van der Waals surface area (Å²) in [7, 11) is 0. The number of hydrogen-bond donors (Lipinski definition) is 0. The molecule has 0 amide bonds. The third-order valence-electron chi connectivity index (χ3n) is 2.30. The summed E-state index contributed by atoms with van der Waals surface area (Å²) >= 11 is 13.4. The molecule has 82 valence electrons.